The van der Waals surface area contributed by atoms with Crippen LogP contribution in [0, 0.1) is 0 Å². The standard InChI is InChI=1S/C20H20BrF3N6O2/c1-32-19(31)29-14-6-5-9-10(7-26-17(9)15(14)21)16-11(20(22,23)24)8-27-18(30-16)28-13-4-2-3-12(13)25/h5-8,12-13,26H,2-4,25H2,1H3,(H,29,31)(H,27,28,30)/t12-,13+/m0/s1. The predicted octanol–water partition coefficient (Wildman–Crippen LogP) is 4.88. The van der Waals surface area contributed by atoms with Crippen LogP contribution in [0.25, 0.3) is 22.2 Å². The number of fused-ring (bicyclic) bond motifs is 1. The number of carbonyl (C=O) groups is 1. The third-order valence-electron chi connectivity index (χ3n) is 5.45. The normalized spacial score (nSPS) is 18.7. The van der Waals surface area contributed by atoms with Gasteiger partial charge in [-0.2, -0.15) is 13.2 Å². The van der Waals surface area contributed by atoms with Gasteiger partial charge in [0.05, 0.1) is 28.5 Å². The quantitative estimate of drug-likeness (QED) is 0.395. The highest BCUT2D eigenvalue weighted by Gasteiger charge is 2.36. The molecule has 0 bridgehead atoms. The van der Waals surface area contributed by atoms with E-state index in [9.17, 15) is 18.0 Å². The Bertz CT molecular complexity index is 1170. The van der Waals surface area contributed by atoms with Crippen LogP contribution in [0.3, 0.4) is 0 Å². The molecule has 1 saturated carbocycles. The van der Waals surface area contributed by atoms with Crippen molar-refractivity contribution in [3.63, 3.8) is 0 Å². The number of alkyl halides is 3. The molecule has 12 heteroatoms. The lowest BCUT2D eigenvalue weighted by atomic mass is 10.1. The van der Waals surface area contributed by atoms with Crippen LogP contribution >= 0.6 is 15.9 Å². The molecular formula is C20H20BrF3N6O2. The molecule has 3 aromatic rings. The molecule has 2 atom stereocenters. The van der Waals surface area contributed by atoms with Gasteiger partial charge in [0.15, 0.2) is 0 Å². The number of ether oxygens (including phenoxy) is 1. The molecule has 0 radical (unpaired) electrons. The lowest BCUT2D eigenvalue weighted by Gasteiger charge is -2.19. The van der Waals surface area contributed by atoms with Gasteiger partial charge in [-0.25, -0.2) is 14.8 Å². The highest BCUT2D eigenvalue weighted by atomic mass is 79.9. The van der Waals surface area contributed by atoms with E-state index in [1.165, 1.54) is 13.3 Å². The summed E-state index contributed by atoms with van der Waals surface area (Å²) in [7, 11) is 1.23. The number of carbonyl (C=O) groups excluding carboxylic acids is 1. The molecule has 0 unspecified atom stereocenters. The zero-order chi connectivity index (χ0) is 23.0. The number of hydrogen-bond acceptors (Lipinski definition) is 6. The van der Waals surface area contributed by atoms with E-state index in [2.05, 4.69) is 46.3 Å². The van der Waals surface area contributed by atoms with E-state index in [1.807, 2.05) is 0 Å². The first-order chi connectivity index (χ1) is 15.2. The van der Waals surface area contributed by atoms with Crippen LogP contribution < -0.4 is 16.4 Å². The molecule has 0 spiro atoms. The number of H-pyrrole nitrogens is 1. The number of hydrogen-bond donors (Lipinski definition) is 4. The van der Waals surface area contributed by atoms with E-state index in [1.54, 1.807) is 12.1 Å². The SMILES string of the molecule is COC(=O)Nc1ccc2c(-c3nc(N[C@@H]4CCC[C@@H]4N)ncc3C(F)(F)F)c[nH]c2c1Br. The highest BCUT2D eigenvalue weighted by Crippen LogP contribution is 2.41. The Hall–Kier alpha value is -2.86. The summed E-state index contributed by atoms with van der Waals surface area (Å²) in [5.74, 6) is 0.0905. The molecule has 8 nitrogen and oxygen atoms in total. The topological polar surface area (TPSA) is 118 Å². The van der Waals surface area contributed by atoms with Crippen molar-refractivity contribution in [2.45, 2.75) is 37.5 Å². The Labute approximate surface area is 189 Å². The fourth-order valence-corrected chi connectivity index (χ4v) is 4.37. The summed E-state index contributed by atoms with van der Waals surface area (Å²) in [5, 5.41) is 6.09. The zero-order valence-corrected chi connectivity index (χ0v) is 18.5. The summed E-state index contributed by atoms with van der Waals surface area (Å²) in [6.45, 7) is 0. The number of nitrogens with two attached hydrogens (primary N) is 1. The minimum Gasteiger partial charge on any atom is -0.453 e. The fourth-order valence-electron chi connectivity index (χ4n) is 3.82. The van der Waals surface area contributed by atoms with Crippen molar-refractivity contribution < 1.29 is 22.7 Å². The first kappa shape index (κ1) is 22.3. The largest absolute Gasteiger partial charge is 0.453 e. The van der Waals surface area contributed by atoms with Crippen LogP contribution in [0.15, 0.2) is 29.0 Å². The molecule has 170 valence electrons. The van der Waals surface area contributed by atoms with Crippen molar-refractivity contribution in [2.24, 2.45) is 5.73 Å². The number of rotatable bonds is 4. The average Bonchev–Trinajstić information content (AvgIpc) is 3.35. The summed E-state index contributed by atoms with van der Waals surface area (Å²) in [6, 6.07) is 2.96. The van der Waals surface area contributed by atoms with Gasteiger partial charge < -0.3 is 20.8 Å². The maximum atomic E-state index is 13.8. The Kier molecular flexibility index (Phi) is 5.99. The molecular weight excluding hydrogens is 493 g/mol. The second-order valence-electron chi connectivity index (χ2n) is 7.47. The molecule has 0 aliphatic heterocycles. The highest BCUT2D eigenvalue weighted by molar-refractivity contribution is 9.10. The van der Waals surface area contributed by atoms with E-state index in [4.69, 9.17) is 5.73 Å². The van der Waals surface area contributed by atoms with Gasteiger partial charge in [-0.3, -0.25) is 5.32 Å². The van der Waals surface area contributed by atoms with Gasteiger partial charge in [0, 0.05) is 35.4 Å². The Morgan fingerprint density at radius 1 is 1.34 bits per heavy atom. The molecule has 2 heterocycles. The first-order valence-corrected chi connectivity index (χ1v) is 10.6. The second kappa shape index (κ2) is 8.58. The Morgan fingerprint density at radius 2 is 2.12 bits per heavy atom. The third-order valence-corrected chi connectivity index (χ3v) is 6.27. The molecule has 32 heavy (non-hydrogen) atoms. The number of nitrogens with one attached hydrogen (secondary N) is 3. The van der Waals surface area contributed by atoms with E-state index < -0.39 is 17.8 Å². The smallest absolute Gasteiger partial charge is 0.419 e. The summed E-state index contributed by atoms with van der Waals surface area (Å²) in [5.41, 5.74) is 5.99. The fraction of sp³-hybridized carbons (Fsp3) is 0.350. The lowest BCUT2D eigenvalue weighted by Crippen LogP contribution is -2.35. The molecule has 2 aromatic heterocycles. The van der Waals surface area contributed by atoms with Gasteiger partial charge in [0.1, 0.15) is 5.56 Å². The number of anilines is 2. The molecule has 1 amide bonds. The van der Waals surface area contributed by atoms with E-state index >= 15 is 0 Å². The molecule has 0 saturated heterocycles. The van der Waals surface area contributed by atoms with Crippen molar-refractivity contribution in [1.29, 1.82) is 0 Å². The maximum Gasteiger partial charge on any atom is 0.419 e. The number of benzene rings is 1. The minimum atomic E-state index is -4.65. The number of aromatic nitrogens is 3. The van der Waals surface area contributed by atoms with Crippen molar-refractivity contribution in [3.05, 3.63) is 34.6 Å². The third kappa shape index (κ3) is 4.24. The second-order valence-corrected chi connectivity index (χ2v) is 8.26. The summed E-state index contributed by atoms with van der Waals surface area (Å²) >= 11 is 3.38. The van der Waals surface area contributed by atoms with Crippen LogP contribution in [-0.4, -0.2) is 40.2 Å². The Balaban J connectivity index is 1.79. The predicted molar refractivity (Wildman–Crippen MR) is 117 cm³/mol. The molecule has 1 aliphatic rings. The van der Waals surface area contributed by atoms with E-state index in [0.29, 0.717) is 21.1 Å². The van der Waals surface area contributed by atoms with Crippen LogP contribution in [0.4, 0.5) is 29.6 Å². The number of aromatic amines is 1. The molecule has 1 aromatic carbocycles. The van der Waals surface area contributed by atoms with Crippen LogP contribution in [0.2, 0.25) is 0 Å². The average molecular weight is 513 g/mol. The summed E-state index contributed by atoms with van der Waals surface area (Å²) in [4.78, 5) is 22.6. The minimum absolute atomic E-state index is 0.0905. The zero-order valence-electron chi connectivity index (χ0n) is 16.9. The Morgan fingerprint density at radius 3 is 2.78 bits per heavy atom. The van der Waals surface area contributed by atoms with Crippen LogP contribution in [0.1, 0.15) is 24.8 Å². The van der Waals surface area contributed by atoms with Crippen LogP contribution in [-0.2, 0) is 10.9 Å². The number of halogens is 4. The van der Waals surface area contributed by atoms with E-state index in [0.717, 1.165) is 25.5 Å². The van der Waals surface area contributed by atoms with Crippen molar-refractivity contribution in [3.8, 4) is 11.3 Å². The number of nitrogens with zero attached hydrogens (tertiary/aromatic N) is 2. The van der Waals surface area contributed by atoms with Crippen molar-refractivity contribution >= 4 is 44.6 Å². The van der Waals surface area contributed by atoms with Gasteiger partial charge in [0.25, 0.3) is 0 Å². The van der Waals surface area contributed by atoms with Gasteiger partial charge in [0.2, 0.25) is 5.95 Å². The number of methoxy groups -OCH3 is 1. The monoisotopic (exact) mass is 512 g/mol. The van der Waals surface area contributed by atoms with Gasteiger partial charge >= 0.3 is 12.3 Å². The van der Waals surface area contributed by atoms with Gasteiger partial charge in [-0.15, -0.1) is 0 Å². The van der Waals surface area contributed by atoms with Crippen LogP contribution in [0.5, 0.6) is 0 Å². The molecule has 4 rings (SSSR count). The van der Waals surface area contributed by atoms with Crippen molar-refractivity contribution in [2.75, 3.05) is 17.7 Å². The molecule has 1 aliphatic carbocycles. The lowest BCUT2D eigenvalue weighted by molar-refractivity contribution is -0.137. The van der Waals surface area contributed by atoms with Gasteiger partial charge in [-0.1, -0.05) is 6.07 Å². The van der Waals surface area contributed by atoms with E-state index in [-0.39, 0.29) is 29.3 Å². The first-order valence-electron chi connectivity index (χ1n) is 9.80. The molecule has 5 N–H and O–H groups in total. The van der Waals surface area contributed by atoms with Gasteiger partial charge in [-0.05, 0) is 41.3 Å². The van der Waals surface area contributed by atoms with Crippen molar-refractivity contribution in [1.82, 2.24) is 15.0 Å². The number of amides is 1. The maximum absolute atomic E-state index is 13.8. The molecule has 1 fully saturated rings. The summed E-state index contributed by atoms with van der Waals surface area (Å²) in [6.07, 6.45) is -0.518. The summed E-state index contributed by atoms with van der Waals surface area (Å²) < 4.78 is 46.3.